The Bertz CT molecular complexity index is 754. The van der Waals surface area contributed by atoms with Crippen LogP contribution < -0.4 is 5.32 Å². The molecule has 1 N–H and O–H groups in total. The molecule has 0 bridgehead atoms. The van der Waals surface area contributed by atoms with Crippen LogP contribution in [0.2, 0.25) is 0 Å². The van der Waals surface area contributed by atoms with Gasteiger partial charge in [-0.3, -0.25) is 4.98 Å². The van der Waals surface area contributed by atoms with E-state index in [1.807, 2.05) is 6.20 Å². The summed E-state index contributed by atoms with van der Waals surface area (Å²) in [7, 11) is 0. The summed E-state index contributed by atoms with van der Waals surface area (Å²) in [5, 5.41) is 6.77. The third-order valence-corrected chi connectivity index (χ3v) is 5.57. The highest BCUT2D eigenvalue weighted by molar-refractivity contribution is 9.10. The van der Waals surface area contributed by atoms with Crippen molar-refractivity contribution in [2.24, 2.45) is 0 Å². The Morgan fingerprint density at radius 2 is 2.10 bits per heavy atom. The molecule has 3 aromatic rings. The highest BCUT2D eigenvalue weighted by Crippen LogP contribution is 2.33. The summed E-state index contributed by atoms with van der Waals surface area (Å²) >= 11 is 8.80. The van der Waals surface area contributed by atoms with Crippen LogP contribution in [0.5, 0.6) is 0 Å². The SMILES string of the molecule is CC(Nc1cccc2cc(Br)cnc12)c1sccc1Br. The van der Waals surface area contributed by atoms with Crippen molar-refractivity contribution in [3.05, 3.63) is 55.7 Å². The molecular weight excluding hydrogens is 400 g/mol. The van der Waals surface area contributed by atoms with Crippen LogP contribution in [0.25, 0.3) is 10.9 Å². The number of hydrogen-bond donors (Lipinski definition) is 1. The Labute approximate surface area is 138 Å². The number of para-hydroxylation sites is 1. The first-order valence-electron chi connectivity index (χ1n) is 6.19. The first-order chi connectivity index (χ1) is 9.65. The number of pyridine rings is 1. The predicted molar refractivity (Wildman–Crippen MR) is 93.5 cm³/mol. The molecule has 5 heteroatoms. The van der Waals surface area contributed by atoms with Gasteiger partial charge in [-0.05, 0) is 62.4 Å². The summed E-state index contributed by atoms with van der Waals surface area (Å²) in [4.78, 5) is 5.81. The second-order valence-electron chi connectivity index (χ2n) is 4.53. The van der Waals surface area contributed by atoms with Crippen molar-refractivity contribution >= 4 is 59.8 Å². The van der Waals surface area contributed by atoms with Gasteiger partial charge in [0.25, 0.3) is 0 Å². The smallest absolute Gasteiger partial charge is 0.0934 e. The second-order valence-corrected chi connectivity index (χ2v) is 7.25. The van der Waals surface area contributed by atoms with Gasteiger partial charge < -0.3 is 5.32 Å². The van der Waals surface area contributed by atoms with Crippen molar-refractivity contribution in [3.63, 3.8) is 0 Å². The Balaban J connectivity index is 1.97. The van der Waals surface area contributed by atoms with Crippen LogP contribution in [0.4, 0.5) is 5.69 Å². The van der Waals surface area contributed by atoms with Crippen molar-refractivity contribution in [1.29, 1.82) is 0 Å². The standard InChI is InChI=1S/C15H12Br2N2S/c1-9(15-12(17)5-6-20-15)19-13-4-2-3-10-7-11(16)8-18-14(10)13/h2-9,19H,1H3. The number of fused-ring (bicyclic) bond motifs is 1. The van der Waals surface area contributed by atoms with Crippen molar-refractivity contribution in [2.45, 2.75) is 13.0 Å². The maximum absolute atomic E-state index is 4.52. The number of nitrogens with zero attached hydrogens (tertiary/aromatic N) is 1. The van der Waals surface area contributed by atoms with E-state index in [1.54, 1.807) is 11.3 Å². The maximum Gasteiger partial charge on any atom is 0.0934 e. The van der Waals surface area contributed by atoms with E-state index in [0.29, 0.717) is 0 Å². The minimum Gasteiger partial charge on any atom is -0.376 e. The van der Waals surface area contributed by atoms with Gasteiger partial charge in [0.2, 0.25) is 0 Å². The fourth-order valence-corrected chi connectivity index (χ4v) is 4.24. The van der Waals surface area contributed by atoms with Gasteiger partial charge >= 0.3 is 0 Å². The molecule has 0 aliphatic carbocycles. The van der Waals surface area contributed by atoms with Gasteiger partial charge in [0.05, 0.1) is 17.2 Å². The lowest BCUT2D eigenvalue weighted by molar-refractivity contribution is 0.904. The number of nitrogens with one attached hydrogen (secondary N) is 1. The van der Waals surface area contributed by atoms with Crippen LogP contribution in [0.1, 0.15) is 17.8 Å². The molecule has 0 spiro atoms. The summed E-state index contributed by atoms with van der Waals surface area (Å²) in [5.41, 5.74) is 2.05. The molecule has 0 aliphatic heterocycles. The highest BCUT2D eigenvalue weighted by Gasteiger charge is 2.12. The molecule has 102 valence electrons. The summed E-state index contributed by atoms with van der Waals surface area (Å²) in [6.07, 6.45) is 1.83. The molecule has 0 fully saturated rings. The fraction of sp³-hybridized carbons (Fsp3) is 0.133. The molecule has 2 aromatic heterocycles. The van der Waals surface area contributed by atoms with E-state index < -0.39 is 0 Å². The maximum atomic E-state index is 4.52. The summed E-state index contributed by atoms with van der Waals surface area (Å²) < 4.78 is 2.15. The van der Waals surface area contributed by atoms with E-state index >= 15 is 0 Å². The Kier molecular flexibility index (Phi) is 4.10. The molecule has 1 aromatic carbocycles. The molecule has 0 radical (unpaired) electrons. The van der Waals surface area contributed by atoms with Crippen LogP contribution in [0.15, 0.2) is 50.9 Å². The van der Waals surface area contributed by atoms with E-state index in [0.717, 1.165) is 25.5 Å². The molecule has 1 unspecified atom stereocenters. The van der Waals surface area contributed by atoms with Gasteiger partial charge in [0, 0.05) is 25.4 Å². The monoisotopic (exact) mass is 410 g/mol. The van der Waals surface area contributed by atoms with Crippen molar-refractivity contribution < 1.29 is 0 Å². The highest BCUT2D eigenvalue weighted by atomic mass is 79.9. The number of benzene rings is 1. The number of aromatic nitrogens is 1. The van der Waals surface area contributed by atoms with E-state index in [1.165, 1.54) is 4.88 Å². The molecule has 20 heavy (non-hydrogen) atoms. The second kappa shape index (κ2) is 5.84. The average molecular weight is 412 g/mol. The normalized spacial score (nSPS) is 12.6. The van der Waals surface area contributed by atoms with Gasteiger partial charge in [0.15, 0.2) is 0 Å². The van der Waals surface area contributed by atoms with Crippen LogP contribution >= 0.6 is 43.2 Å². The van der Waals surface area contributed by atoms with Crippen LogP contribution in [-0.4, -0.2) is 4.98 Å². The molecule has 3 rings (SSSR count). The molecule has 0 aliphatic rings. The lowest BCUT2D eigenvalue weighted by Crippen LogP contribution is -2.06. The minimum atomic E-state index is 0.237. The third-order valence-electron chi connectivity index (χ3n) is 3.09. The topological polar surface area (TPSA) is 24.9 Å². The van der Waals surface area contributed by atoms with Gasteiger partial charge in [-0.1, -0.05) is 12.1 Å². The zero-order valence-electron chi connectivity index (χ0n) is 10.7. The molecule has 0 amide bonds. The zero-order chi connectivity index (χ0) is 14.1. The summed E-state index contributed by atoms with van der Waals surface area (Å²) in [6.45, 7) is 2.16. The molecule has 0 saturated heterocycles. The molecule has 2 nitrogen and oxygen atoms in total. The first-order valence-corrected chi connectivity index (χ1v) is 8.65. The van der Waals surface area contributed by atoms with E-state index in [9.17, 15) is 0 Å². The Hall–Kier alpha value is -0.910. The number of thiophene rings is 1. The van der Waals surface area contributed by atoms with Gasteiger partial charge in [-0.15, -0.1) is 11.3 Å². The van der Waals surface area contributed by atoms with Crippen molar-refractivity contribution in [2.75, 3.05) is 5.32 Å². The fourth-order valence-electron chi connectivity index (χ4n) is 2.16. The average Bonchev–Trinajstić information content (AvgIpc) is 2.85. The number of hydrogen-bond acceptors (Lipinski definition) is 3. The number of anilines is 1. The Morgan fingerprint density at radius 1 is 1.25 bits per heavy atom. The largest absolute Gasteiger partial charge is 0.376 e. The lowest BCUT2D eigenvalue weighted by Gasteiger charge is -2.16. The lowest BCUT2D eigenvalue weighted by atomic mass is 10.1. The van der Waals surface area contributed by atoms with E-state index in [-0.39, 0.29) is 6.04 Å². The van der Waals surface area contributed by atoms with Crippen LogP contribution in [0, 0.1) is 0 Å². The molecule has 0 saturated carbocycles. The van der Waals surface area contributed by atoms with Crippen LogP contribution in [-0.2, 0) is 0 Å². The van der Waals surface area contributed by atoms with Crippen molar-refractivity contribution in [3.8, 4) is 0 Å². The number of rotatable bonds is 3. The predicted octanol–water partition coefficient (Wildman–Crippen LogP) is 5.99. The first kappa shape index (κ1) is 14.0. The Morgan fingerprint density at radius 3 is 2.85 bits per heavy atom. The summed E-state index contributed by atoms with van der Waals surface area (Å²) in [5.74, 6) is 0. The van der Waals surface area contributed by atoms with Gasteiger partial charge in [-0.25, -0.2) is 0 Å². The molecule has 1 atom stereocenters. The van der Waals surface area contributed by atoms with E-state index in [4.69, 9.17) is 0 Å². The molecule has 2 heterocycles. The minimum absolute atomic E-state index is 0.237. The quantitative estimate of drug-likeness (QED) is 0.572. The molecular formula is C15H12Br2N2S. The van der Waals surface area contributed by atoms with Gasteiger partial charge in [-0.2, -0.15) is 0 Å². The summed E-state index contributed by atoms with van der Waals surface area (Å²) in [6, 6.07) is 10.6. The van der Waals surface area contributed by atoms with E-state index in [2.05, 4.69) is 84.8 Å². The van der Waals surface area contributed by atoms with Gasteiger partial charge in [0.1, 0.15) is 0 Å². The third kappa shape index (κ3) is 2.75. The zero-order valence-corrected chi connectivity index (χ0v) is 14.7. The van der Waals surface area contributed by atoms with Crippen molar-refractivity contribution in [1.82, 2.24) is 4.98 Å². The van der Waals surface area contributed by atoms with Crippen LogP contribution in [0.3, 0.4) is 0 Å². The number of halogens is 2.